The second-order valence-electron chi connectivity index (χ2n) is 8.67. The largest absolute Gasteiger partial charge is 0.391 e. The normalized spacial score (nSPS) is 27.4. The van der Waals surface area contributed by atoms with Crippen molar-refractivity contribution in [1.29, 1.82) is 0 Å². The van der Waals surface area contributed by atoms with Crippen molar-refractivity contribution in [2.75, 3.05) is 32.8 Å². The highest BCUT2D eigenvalue weighted by Gasteiger charge is 2.40. The average molecular weight is 427 g/mol. The quantitative estimate of drug-likeness (QED) is 0.722. The maximum absolute atomic E-state index is 14.1. The molecular formula is C25H31FN2O3. The van der Waals surface area contributed by atoms with Crippen LogP contribution in [0.25, 0.3) is 0 Å². The van der Waals surface area contributed by atoms with Gasteiger partial charge in [0.2, 0.25) is 0 Å². The lowest BCUT2D eigenvalue weighted by atomic mass is 9.74. The fourth-order valence-corrected chi connectivity index (χ4v) is 5.04. The van der Waals surface area contributed by atoms with Gasteiger partial charge in [0.05, 0.1) is 24.9 Å². The number of ether oxygens (including phenoxy) is 1. The molecule has 166 valence electrons. The molecule has 2 aromatic carbocycles. The van der Waals surface area contributed by atoms with E-state index in [1.165, 1.54) is 12.1 Å². The third-order valence-corrected chi connectivity index (χ3v) is 6.89. The van der Waals surface area contributed by atoms with Crippen molar-refractivity contribution in [3.8, 4) is 0 Å². The van der Waals surface area contributed by atoms with Crippen LogP contribution in [0, 0.1) is 5.82 Å². The van der Waals surface area contributed by atoms with Crippen LogP contribution in [0.3, 0.4) is 0 Å². The van der Waals surface area contributed by atoms with Gasteiger partial charge < -0.3 is 15.2 Å². The number of carbonyl (C=O) groups is 1. The van der Waals surface area contributed by atoms with Gasteiger partial charge in [-0.1, -0.05) is 42.5 Å². The Morgan fingerprint density at radius 3 is 2.48 bits per heavy atom. The summed E-state index contributed by atoms with van der Waals surface area (Å²) in [5, 5.41) is 13.9. The van der Waals surface area contributed by atoms with Crippen molar-refractivity contribution in [2.45, 2.75) is 43.2 Å². The van der Waals surface area contributed by atoms with Crippen molar-refractivity contribution in [3.05, 3.63) is 71.5 Å². The van der Waals surface area contributed by atoms with Crippen LogP contribution in [0.2, 0.25) is 0 Å². The van der Waals surface area contributed by atoms with Gasteiger partial charge in [-0.3, -0.25) is 9.69 Å². The SMILES string of the molecule is O=C(NC[C@]1(c2ccccc2)CC[C@H](O)[C@@H](N2CCOCC2)CC1)c1ccccc1F. The van der Waals surface area contributed by atoms with Gasteiger partial charge in [0.25, 0.3) is 5.91 Å². The maximum Gasteiger partial charge on any atom is 0.254 e. The third-order valence-electron chi connectivity index (χ3n) is 6.89. The summed E-state index contributed by atoms with van der Waals surface area (Å²) in [6.45, 7) is 3.48. The van der Waals surface area contributed by atoms with E-state index in [4.69, 9.17) is 4.74 Å². The van der Waals surface area contributed by atoms with Gasteiger partial charge in [-0.25, -0.2) is 4.39 Å². The highest BCUT2D eigenvalue weighted by molar-refractivity contribution is 5.94. The van der Waals surface area contributed by atoms with E-state index in [-0.39, 0.29) is 17.0 Å². The maximum atomic E-state index is 14.1. The van der Waals surface area contributed by atoms with Crippen LogP contribution in [-0.2, 0) is 10.2 Å². The van der Waals surface area contributed by atoms with Crippen molar-refractivity contribution < 1.29 is 19.0 Å². The smallest absolute Gasteiger partial charge is 0.254 e. The summed E-state index contributed by atoms with van der Waals surface area (Å²) in [5.74, 6) is -0.916. The van der Waals surface area contributed by atoms with Crippen LogP contribution in [0.1, 0.15) is 41.6 Å². The van der Waals surface area contributed by atoms with E-state index in [2.05, 4.69) is 22.3 Å². The van der Waals surface area contributed by atoms with E-state index in [1.807, 2.05) is 18.2 Å². The first-order valence-electron chi connectivity index (χ1n) is 11.2. The number of morpholine rings is 1. The van der Waals surface area contributed by atoms with Gasteiger partial charge in [-0.15, -0.1) is 0 Å². The summed E-state index contributed by atoms with van der Waals surface area (Å²) in [4.78, 5) is 15.1. The third kappa shape index (κ3) is 4.97. The Kier molecular flexibility index (Phi) is 7.00. The predicted octanol–water partition coefficient (Wildman–Crippen LogP) is 3.13. The first-order chi connectivity index (χ1) is 15.1. The molecule has 5 nitrogen and oxygen atoms in total. The molecule has 1 saturated carbocycles. The Labute approximate surface area is 183 Å². The Balaban J connectivity index is 1.54. The zero-order valence-electron chi connectivity index (χ0n) is 17.8. The molecule has 31 heavy (non-hydrogen) atoms. The highest BCUT2D eigenvalue weighted by atomic mass is 19.1. The standard InChI is InChI=1S/C25H31FN2O3/c26-21-9-5-4-8-20(21)24(30)27-18-25(19-6-2-1-3-7-19)12-10-22(23(29)11-13-25)28-14-16-31-17-15-28/h1-9,22-23,29H,10-18H2,(H,27,30)/t22-,23-,25+/m0/s1. The first-order valence-corrected chi connectivity index (χ1v) is 11.2. The molecule has 0 radical (unpaired) electrons. The number of carbonyl (C=O) groups excluding carboxylic acids is 1. The number of nitrogens with one attached hydrogen (secondary N) is 1. The summed E-state index contributed by atoms with van der Waals surface area (Å²) in [6.07, 6.45) is 2.69. The fourth-order valence-electron chi connectivity index (χ4n) is 5.04. The van der Waals surface area contributed by atoms with Crippen molar-refractivity contribution >= 4 is 5.91 Å². The van der Waals surface area contributed by atoms with Gasteiger partial charge in [0.15, 0.2) is 0 Å². The number of hydrogen-bond acceptors (Lipinski definition) is 4. The number of aliphatic hydroxyl groups is 1. The minimum Gasteiger partial charge on any atom is -0.391 e. The molecular weight excluding hydrogens is 395 g/mol. The van der Waals surface area contributed by atoms with Gasteiger partial charge >= 0.3 is 0 Å². The van der Waals surface area contributed by atoms with Crippen molar-refractivity contribution in [1.82, 2.24) is 10.2 Å². The van der Waals surface area contributed by atoms with Gasteiger partial charge in [-0.2, -0.15) is 0 Å². The summed E-state index contributed by atoms with van der Waals surface area (Å²) >= 11 is 0. The summed E-state index contributed by atoms with van der Waals surface area (Å²) in [6, 6.07) is 16.3. The average Bonchev–Trinajstić information content (AvgIpc) is 2.98. The van der Waals surface area contributed by atoms with Crippen LogP contribution in [-0.4, -0.2) is 60.9 Å². The highest BCUT2D eigenvalue weighted by Crippen LogP contribution is 2.39. The van der Waals surface area contributed by atoms with Gasteiger partial charge in [-0.05, 0) is 43.4 Å². The van der Waals surface area contributed by atoms with Crippen molar-refractivity contribution in [3.63, 3.8) is 0 Å². The molecule has 1 amide bonds. The molecule has 2 aliphatic rings. The number of hydrogen-bond donors (Lipinski definition) is 2. The molecule has 1 aliphatic heterocycles. The molecule has 4 rings (SSSR count). The molecule has 6 heteroatoms. The Hall–Kier alpha value is -2.28. The Bertz CT molecular complexity index is 872. The van der Waals surface area contributed by atoms with Crippen LogP contribution in [0.15, 0.2) is 54.6 Å². The monoisotopic (exact) mass is 426 g/mol. The van der Waals surface area contributed by atoms with Crippen LogP contribution in [0.5, 0.6) is 0 Å². The topological polar surface area (TPSA) is 61.8 Å². The molecule has 0 spiro atoms. The summed E-state index contributed by atoms with van der Waals surface area (Å²) in [7, 11) is 0. The molecule has 2 aromatic rings. The Morgan fingerprint density at radius 2 is 1.74 bits per heavy atom. The lowest BCUT2D eigenvalue weighted by Crippen LogP contribution is -2.48. The fraction of sp³-hybridized carbons (Fsp3) is 0.480. The second-order valence-corrected chi connectivity index (χ2v) is 8.67. The molecule has 0 bridgehead atoms. The van der Waals surface area contributed by atoms with Gasteiger partial charge in [0.1, 0.15) is 5.82 Å². The van der Waals surface area contributed by atoms with Crippen LogP contribution < -0.4 is 5.32 Å². The lowest BCUT2D eigenvalue weighted by Gasteiger charge is -2.37. The van der Waals surface area contributed by atoms with E-state index in [1.54, 1.807) is 12.1 Å². The molecule has 2 fully saturated rings. The molecule has 0 unspecified atom stereocenters. The number of nitrogens with zero attached hydrogens (tertiary/aromatic N) is 1. The molecule has 1 aliphatic carbocycles. The van der Waals surface area contributed by atoms with Crippen molar-refractivity contribution in [2.24, 2.45) is 0 Å². The van der Waals surface area contributed by atoms with Crippen LogP contribution >= 0.6 is 0 Å². The number of benzene rings is 2. The first kappa shape index (κ1) is 21.9. The summed E-state index contributed by atoms with van der Waals surface area (Å²) < 4.78 is 19.6. The van der Waals surface area contributed by atoms with E-state index in [0.29, 0.717) is 26.2 Å². The van der Waals surface area contributed by atoms with E-state index >= 15 is 0 Å². The summed E-state index contributed by atoms with van der Waals surface area (Å²) in [5.41, 5.74) is 0.911. The number of amides is 1. The second kappa shape index (κ2) is 9.90. The van der Waals surface area contributed by atoms with Crippen LogP contribution in [0.4, 0.5) is 4.39 Å². The molecule has 1 heterocycles. The lowest BCUT2D eigenvalue weighted by molar-refractivity contribution is -0.0236. The molecule has 1 saturated heterocycles. The number of rotatable bonds is 5. The zero-order chi connectivity index (χ0) is 21.7. The van der Waals surface area contributed by atoms with Gasteiger partial charge in [0, 0.05) is 31.1 Å². The number of aliphatic hydroxyl groups excluding tert-OH is 1. The van der Waals surface area contributed by atoms with E-state index in [9.17, 15) is 14.3 Å². The molecule has 2 N–H and O–H groups in total. The minimum absolute atomic E-state index is 0.0607. The zero-order valence-corrected chi connectivity index (χ0v) is 17.8. The van der Waals surface area contributed by atoms with E-state index < -0.39 is 17.8 Å². The molecule has 3 atom stereocenters. The predicted molar refractivity (Wildman–Crippen MR) is 118 cm³/mol. The van der Waals surface area contributed by atoms with E-state index in [0.717, 1.165) is 37.9 Å². The Morgan fingerprint density at radius 1 is 1.06 bits per heavy atom. The minimum atomic E-state index is -0.516. The number of halogens is 1. The molecule has 0 aromatic heterocycles.